The van der Waals surface area contributed by atoms with Crippen molar-refractivity contribution in [1.29, 1.82) is 0 Å². The number of fused-ring (bicyclic) bond motifs is 1. The van der Waals surface area contributed by atoms with Crippen LogP contribution in [0.5, 0.6) is 0 Å². The maximum atomic E-state index is 14.5. The van der Waals surface area contributed by atoms with Crippen molar-refractivity contribution in [2.75, 3.05) is 6.54 Å². The first kappa shape index (κ1) is 14.2. The SMILES string of the molecule is CCNC(c1cccc(C)c1F)c1csc2ccccc12. The van der Waals surface area contributed by atoms with Crippen molar-refractivity contribution in [2.45, 2.75) is 19.9 Å². The molecule has 0 spiro atoms. The van der Waals surface area contributed by atoms with Crippen LogP contribution in [-0.4, -0.2) is 6.54 Å². The van der Waals surface area contributed by atoms with Crippen LogP contribution in [0.3, 0.4) is 0 Å². The number of halogens is 1. The van der Waals surface area contributed by atoms with Gasteiger partial charge in [0.25, 0.3) is 0 Å². The zero-order valence-electron chi connectivity index (χ0n) is 12.2. The highest BCUT2D eigenvalue weighted by atomic mass is 32.1. The Morgan fingerprint density at radius 3 is 2.71 bits per heavy atom. The summed E-state index contributed by atoms with van der Waals surface area (Å²) < 4.78 is 15.8. The van der Waals surface area contributed by atoms with E-state index in [1.807, 2.05) is 37.3 Å². The lowest BCUT2D eigenvalue weighted by Crippen LogP contribution is -2.23. The molecule has 3 aromatic rings. The van der Waals surface area contributed by atoms with E-state index in [0.29, 0.717) is 5.56 Å². The van der Waals surface area contributed by atoms with Crippen molar-refractivity contribution >= 4 is 21.4 Å². The van der Waals surface area contributed by atoms with Gasteiger partial charge in [-0.1, -0.05) is 43.3 Å². The summed E-state index contributed by atoms with van der Waals surface area (Å²) >= 11 is 1.71. The Morgan fingerprint density at radius 2 is 1.90 bits per heavy atom. The van der Waals surface area contributed by atoms with Crippen LogP contribution < -0.4 is 5.32 Å². The third kappa shape index (κ3) is 2.59. The lowest BCUT2D eigenvalue weighted by Gasteiger charge is -2.19. The molecule has 0 aliphatic carbocycles. The number of thiophene rings is 1. The highest BCUT2D eigenvalue weighted by molar-refractivity contribution is 7.17. The molecule has 1 aromatic heterocycles. The fraction of sp³-hybridized carbons (Fsp3) is 0.222. The van der Waals surface area contributed by atoms with Gasteiger partial charge in [-0.25, -0.2) is 4.39 Å². The minimum atomic E-state index is -0.112. The first-order chi connectivity index (χ1) is 10.2. The second-order valence-electron chi connectivity index (χ2n) is 5.16. The fourth-order valence-electron chi connectivity index (χ4n) is 2.71. The Hall–Kier alpha value is -1.71. The third-order valence-corrected chi connectivity index (χ3v) is 4.74. The Kier molecular flexibility index (Phi) is 4.04. The molecule has 1 nitrogen and oxygen atoms in total. The summed E-state index contributed by atoms with van der Waals surface area (Å²) in [4.78, 5) is 0. The molecule has 1 atom stereocenters. The minimum Gasteiger partial charge on any atom is -0.306 e. The summed E-state index contributed by atoms with van der Waals surface area (Å²) in [6, 6.07) is 13.8. The number of rotatable bonds is 4. The molecule has 0 saturated carbocycles. The smallest absolute Gasteiger partial charge is 0.131 e. The van der Waals surface area contributed by atoms with Crippen LogP contribution in [0.15, 0.2) is 47.8 Å². The predicted molar refractivity (Wildman–Crippen MR) is 88.5 cm³/mol. The molecule has 0 radical (unpaired) electrons. The second kappa shape index (κ2) is 5.96. The van der Waals surface area contributed by atoms with E-state index in [2.05, 4.69) is 29.8 Å². The topological polar surface area (TPSA) is 12.0 Å². The van der Waals surface area contributed by atoms with Crippen molar-refractivity contribution in [3.05, 3.63) is 70.4 Å². The van der Waals surface area contributed by atoms with Crippen molar-refractivity contribution in [3.63, 3.8) is 0 Å². The molecule has 0 bridgehead atoms. The summed E-state index contributed by atoms with van der Waals surface area (Å²) in [5.74, 6) is -0.112. The zero-order chi connectivity index (χ0) is 14.8. The van der Waals surface area contributed by atoms with Gasteiger partial charge in [0.1, 0.15) is 5.82 Å². The molecule has 1 heterocycles. The standard InChI is InChI=1S/C18H18FNS/c1-3-20-18(14-9-6-7-12(2)17(14)19)15-11-21-16-10-5-4-8-13(15)16/h4-11,18,20H,3H2,1-2H3. The summed E-state index contributed by atoms with van der Waals surface area (Å²) in [5.41, 5.74) is 2.57. The maximum Gasteiger partial charge on any atom is 0.131 e. The van der Waals surface area contributed by atoms with Crippen molar-refractivity contribution in [1.82, 2.24) is 5.32 Å². The van der Waals surface area contributed by atoms with E-state index in [9.17, 15) is 4.39 Å². The number of hydrogen-bond acceptors (Lipinski definition) is 2. The van der Waals surface area contributed by atoms with Gasteiger partial charge >= 0.3 is 0 Å². The largest absolute Gasteiger partial charge is 0.306 e. The van der Waals surface area contributed by atoms with Gasteiger partial charge < -0.3 is 5.32 Å². The highest BCUT2D eigenvalue weighted by Crippen LogP contribution is 2.34. The molecule has 2 aromatic carbocycles. The van der Waals surface area contributed by atoms with Gasteiger partial charge in [-0.15, -0.1) is 11.3 Å². The molecule has 0 aliphatic rings. The van der Waals surface area contributed by atoms with Gasteiger partial charge in [-0.05, 0) is 41.4 Å². The Labute approximate surface area is 128 Å². The average Bonchev–Trinajstić information content (AvgIpc) is 2.92. The van der Waals surface area contributed by atoms with E-state index in [4.69, 9.17) is 0 Å². The number of hydrogen-bond donors (Lipinski definition) is 1. The summed E-state index contributed by atoms with van der Waals surface area (Å²) in [6.45, 7) is 4.66. The van der Waals surface area contributed by atoms with Crippen molar-refractivity contribution in [2.24, 2.45) is 0 Å². The van der Waals surface area contributed by atoms with Crippen LogP contribution in [0, 0.1) is 12.7 Å². The first-order valence-corrected chi connectivity index (χ1v) is 8.05. The molecule has 3 heteroatoms. The Bertz CT molecular complexity index is 763. The molecular weight excluding hydrogens is 281 g/mol. The van der Waals surface area contributed by atoms with Crippen LogP contribution in [-0.2, 0) is 0 Å². The van der Waals surface area contributed by atoms with E-state index in [0.717, 1.165) is 17.7 Å². The maximum absolute atomic E-state index is 14.5. The lowest BCUT2D eigenvalue weighted by atomic mass is 9.96. The number of benzene rings is 2. The molecular formula is C18H18FNS. The highest BCUT2D eigenvalue weighted by Gasteiger charge is 2.20. The summed E-state index contributed by atoms with van der Waals surface area (Å²) in [7, 11) is 0. The molecule has 21 heavy (non-hydrogen) atoms. The van der Waals surface area contributed by atoms with E-state index in [1.54, 1.807) is 11.3 Å². The normalized spacial score (nSPS) is 12.7. The van der Waals surface area contributed by atoms with Gasteiger partial charge in [0.2, 0.25) is 0 Å². The van der Waals surface area contributed by atoms with Gasteiger partial charge in [0, 0.05) is 10.3 Å². The molecule has 3 rings (SSSR count). The van der Waals surface area contributed by atoms with Crippen LogP contribution >= 0.6 is 11.3 Å². The number of aryl methyl sites for hydroxylation is 1. The van der Waals surface area contributed by atoms with Crippen LogP contribution in [0.1, 0.15) is 29.7 Å². The predicted octanol–water partition coefficient (Wildman–Crippen LogP) is 5.05. The van der Waals surface area contributed by atoms with Crippen LogP contribution in [0.25, 0.3) is 10.1 Å². The molecule has 1 N–H and O–H groups in total. The Morgan fingerprint density at radius 1 is 1.10 bits per heavy atom. The van der Waals surface area contributed by atoms with Gasteiger partial charge in [-0.3, -0.25) is 0 Å². The lowest BCUT2D eigenvalue weighted by molar-refractivity contribution is 0.555. The molecule has 0 saturated heterocycles. The minimum absolute atomic E-state index is 0.106. The van der Waals surface area contributed by atoms with E-state index < -0.39 is 0 Å². The first-order valence-electron chi connectivity index (χ1n) is 7.17. The average molecular weight is 299 g/mol. The van der Waals surface area contributed by atoms with Crippen molar-refractivity contribution in [3.8, 4) is 0 Å². The third-order valence-electron chi connectivity index (χ3n) is 3.76. The zero-order valence-corrected chi connectivity index (χ0v) is 13.0. The Balaban J connectivity index is 2.16. The van der Waals surface area contributed by atoms with Gasteiger partial charge in [0.15, 0.2) is 0 Å². The fourth-order valence-corrected chi connectivity index (χ4v) is 3.69. The van der Waals surface area contributed by atoms with E-state index >= 15 is 0 Å². The summed E-state index contributed by atoms with van der Waals surface area (Å²) in [6.07, 6.45) is 0. The van der Waals surface area contributed by atoms with Crippen molar-refractivity contribution < 1.29 is 4.39 Å². The second-order valence-corrected chi connectivity index (χ2v) is 6.07. The van der Waals surface area contributed by atoms with Crippen LogP contribution in [0.2, 0.25) is 0 Å². The van der Waals surface area contributed by atoms with E-state index in [1.165, 1.54) is 10.1 Å². The molecule has 0 amide bonds. The molecule has 108 valence electrons. The molecule has 0 aliphatic heterocycles. The quantitative estimate of drug-likeness (QED) is 0.711. The molecule has 1 unspecified atom stereocenters. The summed E-state index contributed by atoms with van der Waals surface area (Å²) in [5, 5.41) is 6.77. The number of nitrogens with one attached hydrogen (secondary N) is 1. The van der Waals surface area contributed by atoms with Gasteiger partial charge in [0.05, 0.1) is 6.04 Å². The monoisotopic (exact) mass is 299 g/mol. The van der Waals surface area contributed by atoms with E-state index in [-0.39, 0.29) is 11.9 Å². The van der Waals surface area contributed by atoms with Crippen LogP contribution in [0.4, 0.5) is 4.39 Å². The molecule has 0 fully saturated rings. The van der Waals surface area contributed by atoms with Gasteiger partial charge in [-0.2, -0.15) is 0 Å².